The molecule has 0 N–H and O–H groups in total. The molecule has 0 unspecified atom stereocenters. The number of nitriles is 2. The molecule has 6 heterocycles. The van der Waals surface area contributed by atoms with Crippen molar-refractivity contribution in [3.8, 4) is 80.2 Å². The molecule has 15 heteroatoms. The molecule has 0 amide bonds. The Morgan fingerprint density at radius 3 is 1.14 bits per heavy atom. The van der Waals surface area contributed by atoms with Crippen molar-refractivity contribution < 1.29 is 13.2 Å². The van der Waals surface area contributed by atoms with Gasteiger partial charge in [-0.3, -0.25) is 0 Å². The van der Waals surface area contributed by atoms with Crippen molar-refractivity contribution in [2.45, 2.75) is 6.18 Å². The van der Waals surface area contributed by atoms with Crippen molar-refractivity contribution in [1.82, 2.24) is 49.0 Å². The minimum absolute atomic E-state index is 0.000463. The van der Waals surface area contributed by atoms with Crippen molar-refractivity contribution in [3.63, 3.8) is 0 Å². The van der Waals surface area contributed by atoms with Gasteiger partial charge in [-0.15, -0.1) is 0 Å². The molecule has 0 fully saturated rings. The van der Waals surface area contributed by atoms with Crippen LogP contribution in [0.2, 0.25) is 0 Å². The predicted octanol–water partition coefficient (Wildman–Crippen LogP) is 12.1. The van der Waals surface area contributed by atoms with Crippen LogP contribution in [0.25, 0.3) is 112 Å². The molecule has 12 aromatic rings. The van der Waals surface area contributed by atoms with E-state index in [2.05, 4.69) is 45.9 Å². The van der Waals surface area contributed by atoms with Gasteiger partial charge in [0, 0.05) is 98.9 Å². The van der Waals surface area contributed by atoms with Crippen LogP contribution in [0.3, 0.4) is 0 Å². The molecule has 6 aromatic carbocycles. The maximum Gasteiger partial charge on any atom is 0.417 e. The largest absolute Gasteiger partial charge is 0.417 e. The molecule has 0 aliphatic heterocycles. The highest BCUT2D eigenvalue weighted by Gasteiger charge is 2.36. The molecule has 0 spiro atoms. The Morgan fingerprint density at radius 2 is 0.786 bits per heavy atom. The first-order valence-electron chi connectivity index (χ1n) is 21.7. The Bertz CT molecular complexity index is 3930. The molecule has 0 aliphatic carbocycles. The van der Waals surface area contributed by atoms with E-state index in [-0.39, 0.29) is 27.9 Å². The van der Waals surface area contributed by atoms with E-state index in [1.165, 1.54) is 6.07 Å². The number of halogens is 3. The van der Waals surface area contributed by atoms with Gasteiger partial charge in [-0.2, -0.15) is 23.7 Å². The van der Waals surface area contributed by atoms with Crippen molar-refractivity contribution in [1.29, 1.82) is 10.5 Å². The topological polar surface area (TPSA) is 161 Å². The fourth-order valence-electron chi connectivity index (χ4n) is 9.30. The summed E-state index contributed by atoms with van der Waals surface area (Å²) < 4.78 is 50.0. The van der Waals surface area contributed by atoms with Crippen LogP contribution in [0.15, 0.2) is 177 Å². The molecule has 0 saturated carbocycles. The molecular formula is C55H29F3N12. The molecule has 0 radical (unpaired) electrons. The van der Waals surface area contributed by atoms with Crippen LogP contribution in [-0.2, 0) is 6.18 Å². The molecule has 0 bridgehead atoms. The number of rotatable bonds is 7. The average Bonchev–Trinajstić information content (AvgIpc) is 3.91. The molecule has 0 aliphatic rings. The van der Waals surface area contributed by atoms with Crippen LogP contribution in [0.1, 0.15) is 16.7 Å². The first-order valence-corrected chi connectivity index (χ1v) is 21.7. The van der Waals surface area contributed by atoms with E-state index in [4.69, 9.17) is 0 Å². The first-order chi connectivity index (χ1) is 34.3. The van der Waals surface area contributed by atoms with Gasteiger partial charge in [-0.25, -0.2) is 39.9 Å². The third-order valence-electron chi connectivity index (χ3n) is 12.3. The Morgan fingerprint density at radius 1 is 0.400 bits per heavy atom. The number of aromatic nitrogens is 10. The summed E-state index contributed by atoms with van der Waals surface area (Å²) in [7, 11) is 0. The lowest BCUT2D eigenvalue weighted by molar-refractivity contribution is -0.137. The van der Waals surface area contributed by atoms with Gasteiger partial charge >= 0.3 is 6.18 Å². The van der Waals surface area contributed by atoms with Crippen LogP contribution in [0.5, 0.6) is 0 Å². The third kappa shape index (κ3) is 6.84. The lowest BCUT2D eigenvalue weighted by Crippen LogP contribution is -2.11. The van der Waals surface area contributed by atoms with Crippen LogP contribution in [0, 0.1) is 22.7 Å². The lowest BCUT2D eigenvalue weighted by Gasteiger charge is -2.22. The second-order valence-corrected chi connectivity index (χ2v) is 16.2. The molecule has 12 nitrogen and oxygen atoms in total. The number of hydrogen-bond donors (Lipinski definition) is 0. The zero-order valence-electron chi connectivity index (χ0n) is 36.2. The van der Waals surface area contributed by atoms with E-state index in [1.807, 2.05) is 88.0 Å². The van der Waals surface area contributed by atoms with Crippen LogP contribution < -0.4 is 0 Å². The fourth-order valence-corrected chi connectivity index (χ4v) is 9.30. The maximum absolute atomic E-state index is 15.4. The van der Waals surface area contributed by atoms with Crippen molar-refractivity contribution >= 4 is 43.6 Å². The van der Waals surface area contributed by atoms with E-state index in [0.29, 0.717) is 73.3 Å². The monoisotopic (exact) mass is 914 g/mol. The molecule has 70 heavy (non-hydrogen) atoms. The highest BCUT2D eigenvalue weighted by atomic mass is 19.4. The molecule has 0 saturated heterocycles. The molecule has 330 valence electrons. The summed E-state index contributed by atoms with van der Waals surface area (Å²) in [6.45, 7) is 0. The molecule has 6 aromatic heterocycles. The number of nitrogens with zero attached hydrogens (tertiary/aromatic N) is 12. The maximum atomic E-state index is 15.4. The minimum Gasteiger partial charge on any atom is -0.308 e. The highest BCUT2D eigenvalue weighted by Crippen LogP contribution is 2.46. The summed E-state index contributed by atoms with van der Waals surface area (Å²) in [5.41, 5.74) is 4.30. The predicted molar refractivity (Wildman–Crippen MR) is 259 cm³/mol. The van der Waals surface area contributed by atoms with Gasteiger partial charge in [0.1, 0.15) is 11.6 Å². The second-order valence-electron chi connectivity index (χ2n) is 16.2. The van der Waals surface area contributed by atoms with Crippen LogP contribution >= 0.6 is 0 Å². The van der Waals surface area contributed by atoms with Crippen molar-refractivity contribution in [2.24, 2.45) is 0 Å². The SMILES string of the molecule is N#Cc1ccc(C(F)(F)F)c(-c2ccc(-n3c4cc(-c5ncccn5)ccc4c4ccc(-c5ncccn5)cc43)c(C#N)c2-n2c3cc(-c4ncccn4)ccc3c3ccc(-c4ncccn4)cc32)c1. The second kappa shape index (κ2) is 16.4. The van der Waals surface area contributed by atoms with Gasteiger partial charge in [0.25, 0.3) is 0 Å². The lowest BCUT2D eigenvalue weighted by atomic mass is 9.92. The van der Waals surface area contributed by atoms with Gasteiger partial charge in [-0.1, -0.05) is 54.6 Å². The van der Waals surface area contributed by atoms with E-state index in [9.17, 15) is 10.5 Å². The fraction of sp³-hybridized carbons (Fsp3) is 0.0182. The number of alkyl halides is 3. The first kappa shape index (κ1) is 41.4. The van der Waals surface area contributed by atoms with Gasteiger partial charge in [-0.05, 0) is 78.4 Å². The number of benzene rings is 6. The standard InChI is InChI=1S/C55H29F3N12/c56-55(57,58)44-15-5-32(30-59)25-42(44)41-14-16-45(69-46-26-33(51-61-17-1-18-62-51)6-10-37(46)38-11-7-34(27-47(38)69)52-63-19-2-20-64-52)43(31-60)50(41)70-48-28-35(53-65-21-3-22-66-53)8-12-39(48)40-13-9-36(29-49(40)70)54-67-23-4-24-68-54/h1-29H. The smallest absolute Gasteiger partial charge is 0.308 e. The summed E-state index contributed by atoms with van der Waals surface area (Å²) >= 11 is 0. The zero-order valence-corrected chi connectivity index (χ0v) is 36.2. The quantitative estimate of drug-likeness (QED) is 0.150. The minimum atomic E-state index is -4.86. The van der Waals surface area contributed by atoms with E-state index in [1.54, 1.807) is 86.0 Å². The van der Waals surface area contributed by atoms with Crippen LogP contribution in [0.4, 0.5) is 13.2 Å². The van der Waals surface area contributed by atoms with E-state index in [0.717, 1.165) is 33.7 Å². The number of hydrogen-bond acceptors (Lipinski definition) is 10. The molecule has 12 rings (SSSR count). The Balaban J connectivity index is 1.27. The normalized spacial score (nSPS) is 11.6. The Hall–Kier alpha value is -9.99. The van der Waals surface area contributed by atoms with Crippen molar-refractivity contribution in [3.05, 3.63) is 194 Å². The van der Waals surface area contributed by atoms with Gasteiger partial charge in [0.05, 0.1) is 50.6 Å². The van der Waals surface area contributed by atoms with Crippen molar-refractivity contribution in [2.75, 3.05) is 0 Å². The van der Waals surface area contributed by atoms with Crippen LogP contribution in [-0.4, -0.2) is 49.0 Å². The highest BCUT2D eigenvalue weighted by molar-refractivity contribution is 6.13. The molecule has 0 atom stereocenters. The molecular weight excluding hydrogens is 886 g/mol. The Kier molecular flexibility index (Phi) is 9.71. The number of fused-ring (bicyclic) bond motifs is 6. The summed E-state index contributed by atoms with van der Waals surface area (Å²) in [6, 6.07) is 40.9. The average molecular weight is 915 g/mol. The van der Waals surface area contributed by atoms with E-state index >= 15 is 13.2 Å². The van der Waals surface area contributed by atoms with E-state index < -0.39 is 11.7 Å². The summed E-state index contributed by atoms with van der Waals surface area (Å²) in [5.74, 6) is 1.76. The summed E-state index contributed by atoms with van der Waals surface area (Å²) in [4.78, 5) is 36.2. The van der Waals surface area contributed by atoms with Gasteiger partial charge in [0.2, 0.25) is 0 Å². The third-order valence-corrected chi connectivity index (χ3v) is 12.3. The van der Waals surface area contributed by atoms with Gasteiger partial charge < -0.3 is 9.13 Å². The zero-order chi connectivity index (χ0) is 47.5. The summed E-state index contributed by atoms with van der Waals surface area (Å²) in [6.07, 6.45) is 8.25. The van der Waals surface area contributed by atoms with Gasteiger partial charge in [0.15, 0.2) is 23.3 Å². The summed E-state index contributed by atoms with van der Waals surface area (Å²) in [5, 5.41) is 25.2. The Labute approximate surface area is 395 Å².